The molecule has 25 heavy (non-hydrogen) atoms. The number of alkyl halides is 3. The van der Waals surface area contributed by atoms with Gasteiger partial charge in [-0.2, -0.15) is 13.2 Å². The summed E-state index contributed by atoms with van der Waals surface area (Å²) < 4.78 is 85.3. The van der Waals surface area contributed by atoms with E-state index in [1.54, 1.807) is 0 Å². The maximum atomic E-state index is 13.0. The lowest BCUT2D eigenvalue weighted by Gasteiger charge is -2.30. The van der Waals surface area contributed by atoms with Gasteiger partial charge in [0.05, 0.1) is 10.6 Å². The third-order valence-electron chi connectivity index (χ3n) is 3.95. The number of nitrogens with zero attached hydrogens (tertiary/aromatic N) is 1. The first-order valence-corrected chi connectivity index (χ1v) is 10.3. The predicted octanol–water partition coefficient (Wildman–Crippen LogP) is 1.13. The molecule has 0 spiro atoms. The second kappa shape index (κ2) is 6.74. The van der Waals surface area contributed by atoms with Gasteiger partial charge in [-0.15, -0.1) is 0 Å². The molecule has 1 aromatic rings. The normalized spacial score (nSPS) is 18.3. The molecule has 12 heteroatoms. The fourth-order valence-corrected chi connectivity index (χ4v) is 4.08. The number of piperidine rings is 1. The van der Waals surface area contributed by atoms with Crippen molar-refractivity contribution >= 4 is 25.5 Å². The Balaban J connectivity index is 2.49. The zero-order valence-corrected chi connectivity index (χ0v) is 14.9. The van der Waals surface area contributed by atoms with Crippen LogP contribution in [0.5, 0.6) is 0 Å². The molecule has 1 aliphatic rings. The first-order chi connectivity index (χ1) is 11.3. The number of halogens is 3. The fourth-order valence-electron chi connectivity index (χ4n) is 2.52. The minimum atomic E-state index is -5.74. The highest BCUT2D eigenvalue weighted by Crippen LogP contribution is 2.36. The van der Waals surface area contributed by atoms with Crippen LogP contribution < -0.4 is 10.5 Å². The van der Waals surface area contributed by atoms with Gasteiger partial charge in [0, 0.05) is 6.04 Å². The Morgan fingerprint density at radius 1 is 1.16 bits per heavy atom. The summed E-state index contributed by atoms with van der Waals surface area (Å²) in [6, 6.07) is 2.19. The summed E-state index contributed by atoms with van der Waals surface area (Å²) in [5, 5.41) is 7.68. The van der Waals surface area contributed by atoms with Crippen LogP contribution in [-0.2, 0) is 19.9 Å². The van der Waals surface area contributed by atoms with Crippen LogP contribution in [0.15, 0.2) is 28.0 Å². The smallest absolute Gasteiger partial charge is 0.381 e. The van der Waals surface area contributed by atoms with Crippen LogP contribution in [0.4, 0.5) is 18.9 Å². The molecular weight excluding hydrogens is 383 g/mol. The first-order valence-electron chi connectivity index (χ1n) is 7.25. The zero-order chi connectivity index (χ0) is 19.0. The van der Waals surface area contributed by atoms with E-state index in [9.17, 15) is 30.0 Å². The molecule has 0 bridgehead atoms. The van der Waals surface area contributed by atoms with Gasteiger partial charge in [0.2, 0.25) is 10.0 Å². The van der Waals surface area contributed by atoms with Gasteiger partial charge in [-0.1, -0.05) is 0 Å². The van der Waals surface area contributed by atoms with Gasteiger partial charge in [-0.25, -0.2) is 22.0 Å². The van der Waals surface area contributed by atoms with Crippen molar-refractivity contribution in [3.63, 3.8) is 0 Å². The number of likely N-dealkylation sites (tertiary alicyclic amines) is 1. The van der Waals surface area contributed by atoms with E-state index in [0.717, 1.165) is 12.1 Å². The molecule has 2 rings (SSSR count). The van der Waals surface area contributed by atoms with E-state index >= 15 is 0 Å². The summed E-state index contributed by atoms with van der Waals surface area (Å²) in [7, 11) is -8.20. The van der Waals surface area contributed by atoms with E-state index in [1.165, 1.54) is 0 Å². The van der Waals surface area contributed by atoms with Crippen molar-refractivity contribution in [2.75, 3.05) is 25.5 Å². The highest BCUT2D eigenvalue weighted by atomic mass is 32.2. The maximum absolute atomic E-state index is 13.0. The van der Waals surface area contributed by atoms with Crippen molar-refractivity contribution in [3.05, 3.63) is 18.2 Å². The van der Waals surface area contributed by atoms with Crippen LogP contribution >= 0.6 is 0 Å². The van der Waals surface area contributed by atoms with Crippen LogP contribution in [0.1, 0.15) is 12.8 Å². The molecule has 1 saturated heterocycles. The van der Waals surface area contributed by atoms with E-state index in [-0.39, 0.29) is 11.7 Å². The summed E-state index contributed by atoms with van der Waals surface area (Å²) >= 11 is 0. The Morgan fingerprint density at radius 2 is 1.72 bits per heavy atom. The van der Waals surface area contributed by atoms with E-state index in [0.29, 0.717) is 32.0 Å². The molecule has 1 fully saturated rings. The summed E-state index contributed by atoms with van der Waals surface area (Å²) in [5.41, 5.74) is -5.85. The van der Waals surface area contributed by atoms with Crippen molar-refractivity contribution in [1.82, 2.24) is 4.90 Å². The molecule has 0 radical (unpaired) electrons. The standard InChI is InChI=1S/C13H18F3N3O4S2/c1-19-6-4-9(5-7-19)18-11-3-2-10(25(17,22)23)8-12(11)24(20,21)13(14,15)16/h2-3,8-9,18H,4-7H2,1H3,(H2,17,22,23). The average molecular weight is 401 g/mol. The van der Waals surface area contributed by atoms with Crippen molar-refractivity contribution in [1.29, 1.82) is 0 Å². The summed E-state index contributed by atoms with van der Waals surface area (Å²) in [5.74, 6) is 0. The molecule has 0 atom stereocenters. The lowest BCUT2D eigenvalue weighted by atomic mass is 10.1. The Hall–Kier alpha value is -1.37. The zero-order valence-electron chi connectivity index (χ0n) is 13.2. The van der Waals surface area contributed by atoms with Gasteiger partial charge in [-0.05, 0) is 51.2 Å². The number of hydrogen-bond donors (Lipinski definition) is 2. The number of hydrogen-bond acceptors (Lipinski definition) is 6. The van der Waals surface area contributed by atoms with Gasteiger partial charge < -0.3 is 10.2 Å². The quantitative estimate of drug-likeness (QED) is 0.783. The number of anilines is 1. The number of benzene rings is 1. The Labute approximate surface area is 144 Å². The summed E-state index contributed by atoms with van der Waals surface area (Å²) in [6.07, 6.45) is 1.22. The molecule has 0 aliphatic carbocycles. The van der Waals surface area contributed by atoms with Crippen LogP contribution in [0.3, 0.4) is 0 Å². The monoisotopic (exact) mass is 401 g/mol. The van der Waals surface area contributed by atoms with Crippen molar-refractivity contribution in [2.45, 2.75) is 34.2 Å². The number of primary sulfonamides is 1. The molecule has 0 saturated carbocycles. The second-order valence-corrected chi connectivity index (χ2v) is 9.35. The summed E-state index contributed by atoms with van der Waals surface area (Å²) in [4.78, 5) is 0.185. The number of sulfone groups is 1. The maximum Gasteiger partial charge on any atom is 0.501 e. The van der Waals surface area contributed by atoms with Gasteiger partial charge in [0.15, 0.2) is 0 Å². The number of sulfonamides is 1. The molecule has 3 N–H and O–H groups in total. The number of nitrogens with two attached hydrogens (primary N) is 1. The molecular formula is C13H18F3N3O4S2. The lowest BCUT2D eigenvalue weighted by Crippen LogP contribution is -2.37. The van der Waals surface area contributed by atoms with Crippen LogP contribution in [-0.4, -0.2) is 53.4 Å². The first kappa shape index (κ1) is 19.9. The molecule has 0 amide bonds. The molecule has 0 unspecified atom stereocenters. The van der Waals surface area contributed by atoms with E-state index in [1.807, 2.05) is 11.9 Å². The Kier molecular flexibility index (Phi) is 5.38. The van der Waals surface area contributed by atoms with Crippen molar-refractivity contribution in [2.24, 2.45) is 5.14 Å². The molecule has 7 nitrogen and oxygen atoms in total. The van der Waals surface area contributed by atoms with Crippen LogP contribution in [0, 0.1) is 0 Å². The van der Waals surface area contributed by atoms with Crippen molar-refractivity contribution < 1.29 is 30.0 Å². The third-order valence-corrected chi connectivity index (χ3v) is 6.39. The SMILES string of the molecule is CN1CCC(Nc2ccc(S(N)(=O)=O)cc2S(=O)(=O)C(F)(F)F)CC1. The minimum absolute atomic E-state index is 0.223. The molecule has 1 aliphatic heterocycles. The molecule has 1 heterocycles. The predicted molar refractivity (Wildman–Crippen MR) is 85.2 cm³/mol. The van der Waals surface area contributed by atoms with Crippen molar-refractivity contribution in [3.8, 4) is 0 Å². The second-order valence-electron chi connectivity index (χ2n) is 5.87. The van der Waals surface area contributed by atoms with Crippen LogP contribution in [0.2, 0.25) is 0 Å². The van der Waals surface area contributed by atoms with E-state index in [2.05, 4.69) is 5.32 Å². The lowest BCUT2D eigenvalue weighted by molar-refractivity contribution is -0.0435. The number of rotatable bonds is 4. The van der Waals surface area contributed by atoms with E-state index < -0.39 is 35.2 Å². The average Bonchev–Trinajstić information content (AvgIpc) is 2.47. The van der Waals surface area contributed by atoms with Gasteiger partial charge >= 0.3 is 5.51 Å². The Morgan fingerprint density at radius 3 is 2.20 bits per heavy atom. The van der Waals surface area contributed by atoms with Crippen LogP contribution in [0.25, 0.3) is 0 Å². The molecule has 0 aromatic heterocycles. The largest absolute Gasteiger partial charge is 0.501 e. The summed E-state index contributed by atoms with van der Waals surface area (Å²) in [6.45, 7) is 1.41. The highest BCUT2D eigenvalue weighted by molar-refractivity contribution is 7.92. The number of nitrogens with one attached hydrogen (secondary N) is 1. The minimum Gasteiger partial charge on any atom is -0.381 e. The third kappa shape index (κ3) is 4.43. The van der Waals surface area contributed by atoms with Gasteiger partial charge in [-0.3, -0.25) is 0 Å². The van der Waals surface area contributed by atoms with Gasteiger partial charge in [0.25, 0.3) is 9.84 Å². The topological polar surface area (TPSA) is 110 Å². The van der Waals surface area contributed by atoms with Gasteiger partial charge in [0.1, 0.15) is 4.90 Å². The molecule has 142 valence electrons. The Bertz CT molecular complexity index is 846. The van der Waals surface area contributed by atoms with E-state index in [4.69, 9.17) is 5.14 Å². The fraction of sp³-hybridized carbons (Fsp3) is 0.538. The highest BCUT2D eigenvalue weighted by Gasteiger charge is 2.48. The molecule has 1 aromatic carbocycles.